The van der Waals surface area contributed by atoms with Crippen molar-refractivity contribution >= 4 is 18.1 Å². The van der Waals surface area contributed by atoms with Crippen LogP contribution in [0.1, 0.15) is 31.2 Å². The lowest BCUT2D eigenvalue weighted by Crippen LogP contribution is -2.47. The van der Waals surface area contributed by atoms with Crippen LogP contribution in [0.25, 0.3) is 0 Å². The van der Waals surface area contributed by atoms with Crippen molar-refractivity contribution in [3.05, 3.63) is 29.8 Å². The van der Waals surface area contributed by atoms with E-state index in [4.69, 9.17) is 0 Å². The van der Waals surface area contributed by atoms with Gasteiger partial charge < -0.3 is 10.6 Å². The second-order valence-corrected chi connectivity index (χ2v) is 5.73. The molecule has 2 saturated heterocycles. The summed E-state index contributed by atoms with van der Waals surface area (Å²) in [6.07, 6.45) is 5.42. The molecule has 1 aromatic carbocycles. The summed E-state index contributed by atoms with van der Waals surface area (Å²) in [5.74, 6) is 0. The SMILES string of the molecule is Cl.c1ccc2c(c1)NCC21C[C@H]2CC[C@@H](C1)N2. The van der Waals surface area contributed by atoms with Gasteiger partial charge in [-0.15, -0.1) is 12.4 Å². The Morgan fingerprint density at radius 3 is 2.53 bits per heavy atom. The molecule has 1 aromatic rings. The van der Waals surface area contributed by atoms with Crippen LogP contribution in [0.15, 0.2) is 24.3 Å². The van der Waals surface area contributed by atoms with Crippen molar-refractivity contribution in [1.82, 2.24) is 5.32 Å². The van der Waals surface area contributed by atoms with Crippen molar-refractivity contribution in [2.75, 3.05) is 11.9 Å². The molecule has 2 fully saturated rings. The highest BCUT2D eigenvalue weighted by molar-refractivity contribution is 5.85. The van der Waals surface area contributed by atoms with Crippen LogP contribution < -0.4 is 10.6 Å². The number of nitrogens with one attached hydrogen (secondary N) is 2. The monoisotopic (exact) mass is 250 g/mol. The highest BCUT2D eigenvalue weighted by Crippen LogP contribution is 2.48. The minimum absolute atomic E-state index is 0. The van der Waals surface area contributed by atoms with Crippen molar-refractivity contribution < 1.29 is 0 Å². The first-order valence-corrected chi connectivity index (χ1v) is 6.45. The van der Waals surface area contributed by atoms with Gasteiger partial charge >= 0.3 is 0 Å². The van der Waals surface area contributed by atoms with E-state index in [1.54, 1.807) is 5.56 Å². The Hall–Kier alpha value is -0.730. The Labute approximate surface area is 109 Å². The van der Waals surface area contributed by atoms with Gasteiger partial charge in [0.25, 0.3) is 0 Å². The predicted octanol–water partition coefficient (Wildman–Crippen LogP) is 2.69. The number of halogens is 1. The predicted molar refractivity (Wildman–Crippen MR) is 73.0 cm³/mol. The topological polar surface area (TPSA) is 24.1 Å². The van der Waals surface area contributed by atoms with E-state index in [0.717, 1.165) is 18.6 Å². The largest absolute Gasteiger partial charge is 0.384 e. The zero-order valence-corrected chi connectivity index (χ0v) is 10.7. The lowest BCUT2D eigenvalue weighted by Gasteiger charge is -2.38. The fraction of sp³-hybridized carbons (Fsp3) is 0.571. The van der Waals surface area contributed by atoms with E-state index < -0.39 is 0 Å². The molecule has 3 aliphatic heterocycles. The third kappa shape index (κ3) is 1.58. The van der Waals surface area contributed by atoms with Crippen LogP contribution in [0.3, 0.4) is 0 Å². The standard InChI is InChI=1S/C14H18N2.ClH/c1-2-4-13-12(3-1)14(9-15-13)7-10-5-6-11(8-14)16-10;/h1-4,10-11,15-16H,5-9H2;1H/t10-,11+,14?;. The summed E-state index contributed by atoms with van der Waals surface area (Å²) in [6, 6.07) is 10.4. The molecule has 0 saturated carbocycles. The van der Waals surface area contributed by atoms with Gasteiger partial charge in [0.2, 0.25) is 0 Å². The Balaban J connectivity index is 0.000000902. The molecule has 92 valence electrons. The highest BCUT2D eigenvalue weighted by Gasteiger charge is 2.47. The Kier molecular flexibility index (Phi) is 2.60. The quantitative estimate of drug-likeness (QED) is 0.740. The molecule has 1 unspecified atom stereocenters. The summed E-state index contributed by atoms with van der Waals surface area (Å²) in [5.41, 5.74) is 3.39. The van der Waals surface area contributed by atoms with Gasteiger partial charge in [0.1, 0.15) is 0 Å². The summed E-state index contributed by atoms with van der Waals surface area (Å²) in [5, 5.41) is 7.35. The van der Waals surface area contributed by atoms with Gasteiger partial charge in [0.15, 0.2) is 0 Å². The van der Waals surface area contributed by atoms with Gasteiger partial charge in [-0.25, -0.2) is 0 Å². The second-order valence-electron chi connectivity index (χ2n) is 5.73. The maximum Gasteiger partial charge on any atom is 0.0379 e. The van der Waals surface area contributed by atoms with E-state index in [9.17, 15) is 0 Å². The van der Waals surface area contributed by atoms with E-state index in [0.29, 0.717) is 5.41 Å². The Bertz CT molecular complexity index is 420. The second kappa shape index (κ2) is 3.89. The molecule has 0 amide bonds. The summed E-state index contributed by atoms with van der Waals surface area (Å²) in [4.78, 5) is 0. The van der Waals surface area contributed by atoms with Crippen LogP contribution in [-0.2, 0) is 5.41 Å². The smallest absolute Gasteiger partial charge is 0.0379 e. The third-order valence-corrected chi connectivity index (χ3v) is 4.72. The first-order valence-electron chi connectivity index (χ1n) is 6.45. The Morgan fingerprint density at radius 1 is 1.06 bits per heavy atom. The molecule has 3 heteroatoms. The molecule has 17 heavy (non-hydrogen) atoms. The van der Waals surface area contributed by atoms with Crippen molar-refractivity contribution in [2.45, 2.75) is 43.2 Å². The minimum Gasteiger partial charge on any atom is -0.384 e. The lowest BCUT2D eigenvalue weighted by atomic mass is 9.72. The highest BCUT2D eigenvalue weighted by atomic mass is 35.5. The molecule has 3 atom stereocenters. The molecule has 2 N–H and O–H groups in total. The molecular formula is C14H19ClN2. The zero-order valence-electron chi connectivity index (χ0n) is 9.91. The number of piperidine rings is 1. The molecular weight excluding hydrogens is 232 g/mol. The number of fused-ring (bicyclic) bond motifs is 4. The van der Waals surface area contributed by atoms with Gasteiger partial charge in [-0.1, -0.05) is 18.2 Å². The van der Waals surface area contributed by atoms with Gasteiger partial charge in [0.05, 0.1) is 0 Å². The number of hydrogen-bond donors (Lipinski definition) is 2. The summed E-state index contributed by atoms with van der Waals surface area (Å²) in [6.45, 7) is 1.15. The third-order valence-electron chi connectivity index (χ3n) is 4.72. The van der Waals surface area contributed by atoms with Crippen LogP contribution in [0.5, 0.6) is 0 Å². The average molecular weight is 251 g/mol. The van der Waals surface area contributed by atoms with Crippen molar-refractivity contribution in [2.24, 2.45) is 0 Å². The number of benzene rings is 1. The van der Waals surface area contributed by atoms with Crippen LogP contribution in [0.4, 0.5) is 5.69 Å². The van der Waals surface area contributed by atoms with Crippen LogP contribution in [-0.4, -0.2) is 18.6 Å². The summed E-state index contributed by atoms with van der Waals surface area (Å²) in [7, 11) is 0. The molecule has 1 spiro atoms. The molecule has 2 nitrogen and oxygen atoms in total. The van der Waals surface area contributed by atoms with E-state index >= 15 is 0 Å². The molecule has 0 radical (unpaired) electrons. The summed E-state index contributed by atoms with van der Waals surface area (Å²) >= 11 is 0. The van der Waals surface area contributed by atoms with Crippen molar-refractivity contribution in [1.29, 1.82) is 0 Å². The molecule has 3 aliphatic rings. The van der Waals surface area contributed by atoms with Crippen molar-refractivity contribution in [3.8, 4) is 0 Å². The van der Waals surface area contributed by atoms with Gasteiger partial charge in [-0.3, -0.25) is 0 Å². The maximum absolute atomic E-state index is 3.74. The fourth-order valence-corrected chi connectivity index (χ4v) is 4.07. The molecule has 4 rings (SSSR count). The number of para-hydroxylation sites is 1. The van der Waals surface area contributed by atoms with E-state index in [1.807, 2.05) is 0 Å². The van der Waals surface area contributed by atoms with Gasteiger partial charge in [-0.2, -0.15) is 0 Å². The van der Waals surface area contributed by atoms with Crippen LogP contribution >= 0.6 is 12.4 Å². The number of anilines is 1. The molecule has 3 heterocycles. The first-order chi connectivity index (χ1) is 7.86. The minimum atomic E-state index is 0. The van der Waals surface area contributed by atoms with Gasteiger partial charge in [0, 0.05) is 29.7 Å². The van der Waals surface area contributed by atoms with E-state index in [-0.39, 0.29) is 12.4 Å². The Morgan fingerprint density at radius 2 is 1.76 bits per heavy atom. The average Bonchev–Trinajstić information content (AvgIpc) is 2.83. The van der Waals surface area contributed by atoms with Gasteiger partial charge in [-0.05, 0) is 37.3 Å². The first kappa shape index (κ1) is 11.4. The maximum atomic E-state index is 3.74. The number of rotatable bonds is 0. The zero-order chi connectivity index (χ0) is 10.6. The summed E-state index contributed by atoms with van der Waals surface area (Å²) < 4.78 is 0. The molecule has 0 aromatic heterocycles. The fourth-order valence-electron chi connectivity index (χ4n) is 4.07. The molecule has 0 aliphatic carbocycles. The molecule has 2 bridgehead atoms. The lowest BCUT2D eigenvalue weighted by molar-refractivity contribution is 0.268. The van der Waals surface area contributed by atoms with Crippen molar-refractivity contribution in [3.63, 3.8) is 0 Å². The normalized spacial score (nSPS) is 37.4. The van der Waals surface area contributed by atoms with Crippen LogP contribution in [0.2, 0.25) is 0 Å². The van der Waals surface area contributed by atoms with E-state index in [1.165, 1.54) is 31.4 Å². The number of hydrogen-bond acceptors (Lipinski definition) is 2. The van der Waals surface area contributed by atoms with Crippen LogP contribution in [0, 0.1) is 0 Å². The van der Waals surface area contributed by atoms with E-state index in [2.05, 4.69) is 34.9 Å².